The summed E-state index contributed by atoms with van der Waals surface area (Å²) in [5.74, 6) is 0.773. The van der Waals surface area contributed by atoms with Gasteiger partial charge in [-0.05, 0) is 43.2 Å². The van der Waals surface area contributed by atoms with Gasteiger partial charge in [0.25, 0.3) is 5.91 Å². The molecule has 5 heteroatoms. The summed E-state index contributed by atoms with van der Waals surface area (Å²) in [5.41, 5.74) is 6.62. The van der Waals surface area contributed by atoms with Gasteiger partial charge in [0.1, 0.15) is 5.75 Å². The lowest BCUT2D eigenvalue weighted by atomic mass is 9.91. The topological polar surface area (TPSA) is 64.3 Å². The zero-order chi connectivity index (χ0) is 15.5. The van der Waals surface area contributed by atoms with Crippen LogP contribution >= 0.6 is 12.4 Å². The van der Waals surface area contributed by atoms with Crippen molar-refractivity contribution < 1.29 is 9.53 Å². The molecular formula is C18H23ClN2O2. The van der Waals surface area contributed by atoms with Gasteiger partial charge in [-0.2, -0.15) is 0 Å². The molecule has 0 heterocycles. The summed E-state index contributed by atoms with van der Waals surface area (Å²) >= 11 is 0. The number of nitrogens with one attached hydrogen (secondary N) is 1. The molecule has 0 aromatic heterocycles. The Balaban J connectivity index is 0.00000192. The Kier molecular flexibility index (Phi) is 5.85. The molecule has 1 aliphatic rings. The summed E-state index contributed by atoms with van der Waals surface area (Å²) in [6, 6.07) is 12.0. The Bertz CT molecular complexity index is 682. The smallest absolute Gasteiger partial charge is 0.252 e. The maximum Gasteiger partial charge on any atom is 0.252 e. The number of ether oxygens (including phenoxy) is 1. The minimum Gasteiger partial charge on any atom is -0.496 e. The van der Waals surface area contributed by atoms with E-state index in [0.717, 1.165) is 42.2 Å². The van der Waals surface area contributed by atoms with Crippen LogP contribution < -0.4 is 15.8 Å². The molecule has 0 bridgehead atoms. The third kappa shape index (κ3) is 3.77. The van der Waals surface area contributed by atoms with Crippen molar-refractivity contribution in [2.75, 3.05) is 7.11 Å². The van der Waals surface area contributed by atoms with Crippen molar-refractivity contribution in [3.8, 4) is 5.75 Å². The van der Waals surface area contributed by atoms with Gasteiger partial charge in [-0.25, -0.2) is 0 Å². The molecular weight excluding hydrogens is 312 g/mol. The Morgan fingerprint density at radius 1 is 1.09 bits per heavy atom. The average Bonchev–Trinajstić information content (AvgIpc) is 2.56. The van der Waals surface area contributed by atoms with Crippen molar-refractivity contribution in [2.24, 2.45) is 5.73 Å². The van der Waals surface area contributed by atoms with E-state index in [1.807, 2.05) is 36.4 Å². The van der Waals surface area contributed by atoms with Gasteiger partial charge in [0.2, 0.25) is 0 Å². The SMILES string of the molecule is COc1ccc(C(=O)NC2CCC(N)CC2)c2ccccc12.Cl. The molecule has 2 aromatic rings. The highest BCUT2D eigenvalue weighted by Crippen LogP contribution is 2.28. The van der Waals surface area contributed by atoms with E-state index in [4.69, 9.17) is 10.5 Å². The highest BCUT2D eigenvalue weighted by Gasteiger charge is 2.21. The number of amides is 1. The maximum atomic E-state index is 12.6. The van der Waals surface area contributed by atoms with Gasteiger partial charge in [0.05, 0.1) is 7.11 Å². The number of methoxy groups -OCH3 is 1. The lowest BCUT2D eigenvalue weighted by molar-refractivity contribution is 0.0927. The maximum absolute atomic E-state index is 12.6. The monoisotopic (exact) mass is 334 g/mol. The van der Waals surface area contributed by atoms with Gasteiger partial charge in [-0.1, -0.05) is 24.3 Å². The van der Waals surface area contributed by atoms with E-state index in [-0.39, 0.29) is 30.4 Å². The number of carbonyl (C=O) groups excluding carboxylic acids is 1. The van der Waals surface area contributed by atoms with Gasteiger partial charge in [0, 0.05) is 23.0 Å². The van der Waals surface area contributed by atoms with Crippen molar-refractivity contribution in [1.29, 1.82) is 0 Å². The molecule has 0 unspecified atom stereocenters. The molecule has 1 aliphatic carbocycles. The third-order valence-corrected chi connectivity index (χ3v) is 4.46. The summed E-state index contributed by atoms with van der Waals surface area (Å²) in [6.07, 6.45) is 3.88. The van der Waals surface area contributed by atoms with Crippen LogP contribution in [-0.4, -0.2) is 25.1 Å². The molecule has 2 aromatic carbocycles. The minimum absolute atomic E-state index is 0. The summed E-state index contributed by atoms with van der Waals surface area (Å²) in [7, 11) is 1.65. The molecule has 1 saturated carbocycles. The number of nitrogens with two attached hydrogens (primary N) is 1. The van der Waals surface area contributed by atoms with Crippen LogP contribution in [0.1, 0.15) is 36.0 Å². The first kappa shape index (κ1) is 17.6. The molecule has 0 radical (unpaired) electrons. The molecule has 1 amide bonds. The number of carbonyl (C=O) groups is 1. The predicted molar refractivity (Wildman–Crippen MR) is 95.4 cm³/mol. The highest BCUT2D eigenvalue weighted by atomic mass is 35.5. The van der Waals surface area contributed by atoms with Crippen molar-refractivity contribution in [3.63, 3.8) is 0 Å². The molecule has 124 valence electrons. The van der Waals surface area contributed by atoms with Crippen LogP contribution in [0.5, 0.6) is 5.75 Å². The van der Waals surface area contributed by atoms with Crippen LogP contribution in [0, 0.1) is 0 Å². The Labute approximate surface area is 142 Å². The molecule has 3 rings (SSSR count). The quantitative estimate of drug-likeness (QED) is 0.905. The Morgan fingerprint density at radius 2 is 1.74 bits per heavy atom. The number of rotatable bonds is 3. The van der Waals surface area contributed by atoms with E-state index in [1.54, 1.807) is 7.11 Å². The lowest BCUT2D eigenvalue weighted by Crippen LogP contribution is -2.40. The van der Waals surface area contributed by atoms with Gasteiger partial charge < -0.3 is 15.8 Å². The van der Waals surface area contributed by atoms with Gasteiger partial charge >= 0.3 is 0 Å². The zero-order valence-electron chi connectivity index (χ0n) is 13.2. The molecule has 0 aliphatic heterocycles. The molecule has 1 fully saturated rings. The van der Waals surface area contributed by atoms with Gasteiger partial charge in [-0.3, -0.25) is 4.79 Å². The third-order valence-electron chi connectivity index (χ3n) is 4.46. The Hall–Kier alpha value is -1.78. The van der Waals surface area contributed by atoms with Crippen molar-refractivity contribution in [3.05, 3.63) is 42.0 Å². The average molecular weight is 335 g/mol. The molecule has 0 spiro atoms. The van der Waals surface area contributed by atoms with E-state index < -0.39 is 0 Å². The summed E-state index contributed by atoms with van der Waals surface area (Å²) in [6.45, 7) is 0. The second-order valence-electron chi connectivity index (χ2n) is 5.95. The number of hydrogen-bond donors (Lipinski definition) is 2. The van der Waals surface area contributed by atoms with Crippen molar-refractivity contribution in [1.82, 2.24) is 5.32 Å². The zero-order valence-corrected chi connectivity index (χ0v) is 14.1. The van der Waals surface area contributed by atoms with E-state index >= 15 is 0 Å². The summed E-state index contributed by atoms with van der Waals surface area (Å²) in [4.78, 5) is 12.6. The molecule has 0 atom stereocenters. The number of fused-ring (bicyclic) bond motifs is 1. The normalized spacial score (nSPS) is 20.6. The van der Waals surface area contributed by atoms with Crippen LogP contribution in [0.4, 0.5) is 0 Å². The fourth-order valence-electron chi connectivity index (χ4n) is 3.17. The lowest BCUT2D eigenvalue weighted by Gasteiger charge is -2.27. The predicted octanol–water partition coefficient (Wildman–Crippen LogP) is 3.27. The van der Waals surface area contributed by atoms with Crippen LogP contribution in [0.2, 0.25) is 0 Å². The highest BCUT2D eigenvalue weighted by molar-refractivity contribution is 6.08. The van der Waals surface area contributed by atoms with Gasteiger partial charge in [-0.15, -0.1) is 12.4 Å². The standard InChI is InChI=1S/C18H22N2O2.ClH/c1-22-17-11-10-16(14-4-2-3-5-15(14)17)18(21)20-13-8-6-12(19)7-9-13;/h2-5,10-13H,6-9,19H2,1H3,(H,20,21);1H. The van der Waals surface area contributed by atoms with Crippen LogP contribution in [0.15, 0.2) is 36.4 Å². The van der Waals surface area contributed by atoms with E-state index in [1.165, 1.54) is 0 Å². The molecule has 4 nitrogen and oxygen atoms in total. The van der Waals surface area contributed by atoms with Crippen molar-refractivity contribution in [2.45, 2.75) is 37.8 Å². The Morgan fingerprint density at radius 3 is 2.39 bits per heavy atom. The molecule has 0 saturated heterocycles. The second-order valence-corrected chi connectivity index (χ2v) is 5.95. The second kappa shape index (κ2) is 7.66. The van der Waals surface area contributed by atoms with Crippen LogP contribution in [0.3, 0.4) is 0 Å². The van der Waals surface area contributed by atoms with Crippen LogP contribution in [0.25, 0.3) is 10.8 Å². The first-order valence-electron chi connectivity index (χ1n) is 7.81. The van der Waals surface area contributed by atoms with Crippen molar-refractivity contribution >= 4 is 29.1 Å². The molecule has 3 N–H and O–H groups in total. The fraction of sp³-hybridized carbons (Fsp3) is 0.389. The fourth-order valence-corrected chi connectivity index (χ4v) is 3.17. The van der Waals surface area contributed by atoms with Gasteiger partial charge in [0.15, 0.2) is 0 Å². The first-order valence-corrected chi connectivity index (χ1v) is 7.81. The number of hydrogen-bond acceptors (Lipinski definition) is 3. The number of benzene rings is 2. The van der Waals surface area contributed by atoms with E-state index in [0.29, 0.717) is 5.56 Å². The summed E-state index contributed by atoms with van der Waals surface area (Å²) < 4.78 is 5.38. The largest absolute Gasteiger partial charge is 0.496 e. The van der Waals surface area contributed by atoms with E-state index in [9.17, 15) is 4.79 Å². The van der Waals surface area contributed by atoms with E-state index in [2.05, 4.69) is 5.32 Å². The minimum atomic E-state index is -0.0145. The van der Waals surface area contributed by atoms with Crippen LogP contribution in [-0.2, 0) is 0 Å². The first-order chi connectivity index (χ1) is 10.7. The molecule has 23 heavy (non-hydrogen) atoms. The number of halogens is 1. The summed E-state index contributed by atoms with van der Waals surface area (Å²) in [5, 5.41) is 5.03.